The van der Waals surface area contributed by atoms with Gasteiger partial charge >= 0.3 is 0 Å². The fourth-order valence-electron chi connectivity index (χ4n) is 4.74. The van der Waals surface area contributed by atoms with Gasteiger partial charge in [0.1, 0.15) is 0 Å². The molecule has 0 bridgehead atoms. The first kappa shape index (κ1) is 19.5. The van der Waals surface area contributed by atoms with Crippen molar-refractivity contribution in [3.63, 3.8) is 0 Å². The average molecular weight is 415 g/mol. The largest absolute Gasteiger partial charge is 0.358 e. The third-order valence-electron chi connectivity index (χ3n) is 6.21. The lowest BCUT2D eigenvalue weighted by Crippen LogP contribution is -2.38. The lowest BCUT2D eigenvalue weighted by molar-refractivity contribution is 0.0636. The molecule has 3 aromatic rings. The summed E-state index contributed by atoms with van der Waals surface area (Å²) in [5, 5.41) is 4.37. The van der Waals surface area contributed by atoms with E-state index in [0.29, 0.717) is 23.2 Å². The van der Waals surface area contributed by atoms with E-state index < -0.39 is 0 Å². The molecule has 5 rings (SSSR count). The molecule has 158 valence electrons. The molecule has 1 atom stereocenters. The highest BCUT2D eigenvalue weighted by Crippen LogP contribution is 2.29. The second kappa shape index (κ2) is 7.38. The van der Waals surface area contributed by atoms with Crippen LogP contribution in [-0.2, 0) is 12.8 Å². The molecule has 1 aromatic heterocycles. The SMILES string of the molecule is CC(C)CN1C(=O)c2ccc(C(=O)NC3CCc4c([nH]c5ccccc45)C3)cc2C1=O. The number of benzene rings is 2. The first-order valence-corrected chi connectivity index (χ1v) is 10.8. The van der Waals surface area contributed by atoms with Crippen molar-refractivity contribution in [1.29, 1.82) is 0 Å². The predicted molar refractivity (Wildman–Crippen MR) is 118 cm³/mol. The second-order valence-electron chi connectivity index (χ2n) is 8.92. The second-order valence-corrected chi connectivity index (χ2v) is 8.92. The van der Waals surface area contributed by atoms with Gasteiger partial charge < -0.3 is 10.3 Å². The summed E-state index contributed by atoms with van der Waals surface area (Å²) < 4.78 is 0. The van der Waals surface area contributed by atoms with Crippen LogP contribution >= 0.6 is 0 Å². The molecule has 1 aliphatic carbocycles. The number of rotatable bonds is 4. The molecule has 2 N–H and O–H groups in total. The Balaban J connectivity index is 1.33. The molecule has 0 radical (unpaired) electrons. The predicted octanol–water partition coefficient (Wildman–Crippen LogP) is 3.71. The number of fused-ring (bicyclic) bond motifs is 4. The van der Waals surface area contributed by atoms with Crippen LogP contribution < -0.4 is 5.32 Å². The van der Waals surface area contributed by atoms with E-state index in [0.717, 1.165) is 24.8 Å². The normalized spacial score (nSPS) is 17.9. The van der Waals surface area contributed by atoms with Gasteiger partial charge in [0, 0.05) is 41.2 Å². The molecule has 6 heteroatoms. The Bertz CT molecular complexity index is 1220. The van der Waals surface area contributed by atoms with Gasteiger partial charge in [-0.2, -0.15) is 0 Å². The highest BCUT2D eigenvalue weighted by molar-refractivity contribution is 6.22. The molecule has 0 spiro atoms. The van der Waals surface area contributed by atoms with E-state index in [1.807, 2.05) is 26.0 Å². The molecule has 31 heavy (non-hydrogen) atoms. The van der Waals surface area contributed by atoms with E-state index in [1.165, 1.54) is 21.5 Å². The number of para-hydroxylation sites is 1. The van der Waals surface area contributed by atoms with Crippen LogP contribution in [0, 0.1) is 5.92 Å². The summed E-state index contributed by atoms with van der Waals surface area (Å²) in [6.45, 7) is 4.30. The minimum atomic E-state index is -0.316. The number of hydrogen-bond acceptors (Lipinski definition) is 3. The number of nitrogens with one attached hydrogen (secondary N) is 2. The topological polar surface area (TPSA) is 82.3 Å². The zero-order valence-corrected chi connectivity index (χ0v) is 17.7. The van der Waals surface area contributed by atoms with E-state index in [2.05, 4.69) is 22.4 Å². The first-order valence-electron chi connectivity index (χ1n) is 10.8. The molecule has 3 amide bonds. The first-order chi connectivity index (χ1) is 14.9. The number of carbonyl (C=O) groups is 3. The van der Waals surface area contributed by atoms with Crippen LogP contribution in [0.25, 0.3) is 10.9 Å². The summed E-state index contributed by atoms with van der Waals surface area (Å²) in [5.74, 6) is -0.622. The molecule has 0 fully saturated rings. The summed E-state index contributed by atoms with van der Waals surface area (Å²) in [6.07, 6.45) is 2.52. The summed E-state index contributed by atoms with van der Waals surface area (Å²) in [7, 11) is 0. The number of aryl methyl sites for hydroxylation is 1. The van der Waals surface area contributed by atoms with Gasteiger partial charge in [-0.3, -0.25) is 19.3 Å². The molecular formula is C25H25N3O3. The van der Waals surface area contributed by atoms with E-state index in [-0.39, 0.29) is 29.7 Å². The molecule has 0 saturated carbocycles. The maximum absolute atomic E-state index is 12.9. The fraction of sp³-hybridized carbons (Fsp3) is 0.320. The van der Waals surface area contributed by atoms with Crippen molar-refractivity contribution in [2.24, 2.45) is 5.92 Å². The van der Waals surface area contributed by atoms with Gasteiger partial charge in [0.2, 0.25) is 0 Å². The van der Waals surface area contributed by atoms with Gasteiger partial charge in [0.15, 0.2) is 0 Å². The molecule has 2 aromatic carbocycles. The molecule has 1 aliphatic heterocycles. The number of aromatic nitrogens is 1. The van der Waals surface area contributed by atoms with Crippen molar-refractivity contribution < 1.29 is 14.4 Å². The number of hydrogen-bond donors (Lipinski definition) is 2. The minimum absolute atomic E-state index is 0.0242. The third kappa shape index (κ3) is 3.32. The highest BCUT2D eigenvalue weighted by Gasteiger charge is 2.36. The maximum Gasteiger partial charge on any atom is 0.261 e. The van der Waals surface area contributed by atoms with Crippen molar-refractivity contribution >= 4 is 28.6 Å². The monoisotopic (exact) mass is 415 g/mol. The molecule has 6 nitrogen and oxygen atoms in total. The number of nitrogens with zero attached hydrogens (tertiary/aromatic N) is 1. The number of H-pyrrole nitrogens is 1. The summed E-state index contributed by atoms with van der Waals surface area (Å²) in [5.41, 5.74) is 4.76. The Kier molecular flexibility index (Phi) is 4.65. The van der Waals surface area contributed by atoms with Crippen molar-refractivity contribution in [2.75, 3.05) is 6.54 Å². The van der Waals surface area contributed by atoms with E-state index in [9.17, 15) is 14.4 Å². The molecule has 2 heterocycles. The number of aromatic amines is 1. The maximum atomic E-state index is 12.9. The van der Waals surface area contributed by atoms with Gasteiger partial charge in [-0.15, -0.1) is 0 Å². The fourth-order valence-corrected chi connectivity index (χ4v) is 4.74. The van der Waals surface area contributed by atoms with Crippen molar-refractivity contribution in [2.45, 2.75) is 39.2 Å². The van der Waals surface area contributed by atoms with Crippen molar-refractivity contribution in [3.05, 3.63) is 70.4 Å². The number of imide groups is 1. The van der Waals surface area contributed by atoms with Gasteiger partial charge in [0.25, 0.3) is 17.7 Å². The Morgan fingerprint density at radius 1 is 1.13 bits per heavy atom. The summed E-state index contributed by atoms with van der Waals surface area (Å²) in [6, 6.07) is 13.1. The molecule has 1 unspecified atom stereocenters. The van der Waals surface area contributed by atoms with Crippen LogP contribution in [0.2, 0.25) is 0 Å². The van der Waals surface area contributed by atoms with E-state index >= 15 is 0 Å². The van der Waals surface area contributed by atoms with Gasteiger partial charge in [0.05, 0.1) is 11.1 Å². The summed E-state index contributed by atoms with van der Waals surface area (Å²) in [4.78, 5) is 42.9. The van der Waals surface area contributed by atoms with Crippen molar-refractivity contribution in [1.82, 2.24) is 15.2 Å². The smallest absolute Gasteiger partial charge is 0.261 e. The summed E-state index contributed by atoms with van der Waals surface area (Å²) >= 11 is 0. The highest BCUT2D eigenvalue weighted by atomic mass is 16.2. The Morgan fingerprint density at radius 3 is 2.71 bits per heavy atom. The van der Waals surface area contributed by atoms with Crippen LogP contribution in [0.15, 0.2) is 42.5 Å². The molecule has 0 saturated heterocycles. The number of amides is 3. The Hall–Kier alpha value is -3.41. The zero-order valence-electron chi connectivity index (χ0n) is 17.7. The molecular weight excluding hydrogens is 390 g/mol. The van der Waals surface area contributed by atoms with Gasteiger partial charge in [-0.25, -0.2) is 0 Å². The lowest BCUT2D eigenvalue weighted by Gasteiger charge is -2.23. The van der Waals surface area contributed by atoms with Crippen LogP contribution in [-0.4, -0.2) is 40.2 Å². The zero-order chi connectivity index (χ0) is 21.7. The van der Waals surface area contributed by atoms with Crippen molar-refractivity contribution in [3.8, 4) is 0 Å². The lowest BCUT2D eigenvalue weighted by atomic mass is 9.91. The van der Waals surface area contributed by atoms with Crippen LogP contribution in [0.5, 0.6) is 0 Å². The van der Waals surface area contributed by atoms with Crippen LogP contribution in [0.3, 0.4) is 0 Å². The quantitative estimate of drug-likeness (QED) is 0.638. The minimum Gasteiger partial charge on any atom is -0.358 e. The average Bonchev–Trinajstić information content (AvgIpc) is 3.23. The van der Waals surface area contributed by atoms with Gasteiger partial charge in [-0.05, 0) is 48.6 Å². The Morgan fingerprint density at radius 2 is 1.90 bits per heavy atom. The van der Waals surface area contributed by atoms with E-state index in [1.54, 1.807) is 18.2 Å². The third-order valence-corrected chi connectivity index (χ3v) is 6.21. The Labute approximate surface area is 180 Å². The number of carbonyl (C=O) groups excluding carboxylic acids is 3. The van der Waals surface area contributed by atoms with Crippen LogP contribution in [0.4, 0.5) is 0 Å². The van der Waals surface area contributed by atoms with E-state index in [4.69, 9.17) is 0 Å². The van der Waals surface area contributed by atoms with Gasteiger partial charge in [-0.1, -0.05) is 32.0 Å². The van der Waals surface area contributed by atoms with Crippen LogP contribution in [0.1, 0.15) is 62.6 Å². The standard InChI is InChI=1S/C25H25N3O3/c1-14(2)13-28-24(30)19-9-7-15(11-20(19)25(28)31)23(29)26-16-8-10-18-17-5-3-4-6-21(17)27-22(18)12-16/h3-7,9,11,14,16,27H,8,10,12-13H2,1-2H3,(H,26,29). The molecule has 2 aliphatic rings.